The third-order valence-electron chi connectivity index (χ3n) is 4.84. The summed E-state index contributed by atoms with van der Waals surface area (Å²) in [6.45, 7) is -0.00917. The monoisotopic (exact) mass is 491 g/mol. The van der Waals surface area contributed by atoms with Crippen molar-refractivity contribution in [2.45, 2.75) is 10.6 Å². The number of hydrogen-bond donors (Lipinski definition) is 2. The van der Waals surface area contributed by atoms with Gasteiger partial charge < -0.3 is 14.7 Å². The molecule has 0 saturated carbocycles. The summed E-state index contributed by atoms with van der Waals surface area (Å²) in [4.78, 5) is 6.31. The third kappa shape index (κ3) is 5.06. The Morgan fingerprint density at radius 1 is 0.969 bits per heavy atom. The quantitative estimate of drug-likeness (QED) is 0.547. The lowest BCUT2D eigenvalue weighted by molar-refractivity contribution is 0.0178. The van der Waals surface area contributed by atoms with Gasteiger partial charge >= 0.3 is 0 Å². The Kier molecular flexibility index (Phi) is 6.15. The summed E-state index contributed by atoms with van der Waals surface area (Å²) < 4.78 is 28.9. The number of nitrogens with two attached hydrogens (primary N) is 1. The summed E-state index contributed by atoms with van der Waals surface area (Å²) in [5.74, 6) is 1.04. The molecule has 1 aliphatic heterocycles. The molecule has 0 aliphatic carbocycles. The largest absolute Gasteiger partial charge is 0.488 e. The zero-order valence-corrected chi connectivity index (χ0v) is 19.0. The zero-order valence-electron chi connectivity index (χ0n) is 16.7. The van der Waals surface area contributed by atoms with Gasteiger partial charge in [-0.05, 0) is 72.8 Å². The van der Waals surface area contributed by atoms with Crippen LogP contribution in [0.2, 0.25) is 10.0 Å². The Bertz CT molecular complexity index is 1250. The number of β-amino-alcohol motifs (C(OH)–C–C–N with tert-alkyl or cyclic N) is 1. The zero-order chi connectivity index (χ0) is 22.9. The molecule has 32 heavy (non-hydrogen) atoms. The van der Waals surface area contributed by atoms with E-state index >= 15 is 0 Å². The van der Waals surface area contributed by atoms with Gasteiger partial charge in [0.2, 0.25) is 15.7 Å². The van der Waals surface area contributed by atoms with Crippen LogP contribution >= 0.6 is 23.2 Å². The van der Waals surface area contributed by atoms with Gasteiger partial charge in [0.25, 0.3) is 0 Å². The highest BCUT2D eigenvalue weighted by molar-refractivity contribution is 7.89. The second kappa shape index (κ2) is 8.73. The van der Waals surface area contributed by atoms with Gasteiger partial charge in [-0.1, -0.05) is 23.2 Å². The number of aliphatic imine (C=N–C) groups is 1. The molecule has 0 radical (unpaired) electrons. The summed E-state index contributed by atoms with van der Waals surface area (Å²) in [6.07, 6.45) is 0. The number of nitrogens with zero attached hydrogens (tertiary/aromatic N) is 2. The molecule has 3 aromatic rings. The van der Waals surface area contributed by atoms with Crippen molar-refractivity contribution in [2.24, 2.45) is 10.1 Å². The standard InChI is InChI=1S/C22H19Cl2N3O4S/c23-16-3-1-15(2-4-16)21-26-22(28,14-31-19-9-5-17(24)6-10-19)13-27(21)18-7-11-20(12-8-18)32(25,29)30/h1-12,28H,13-14H2,(H2,25,29,30). The van der Waals surface area contributed by atoms with Crippen molar-refractivity contribution in [3.8, 4) is 5.75 Å². The molecule has 3 aromatic carbocycles. The maximum Gasteiger partial charge on any atom is 0.238 e. The van der Waals surface area contributed by atoms with Gasteiger partial charge in [0.1, 0.15) is 18.2 Å². The van der Waals surface area contributed by atoms with E-state index in [2.05, 4.69) is 4.99 Å². The first-order valence-corrected chi connectivity index (χ1v) is 11.8. The van der Waals surface area contributed by atoms with Crippen LogP contribution in [0, 0.1) is 0 Å². The second-order valence-corrected chi connectivity index (χ2v) is 9.73. The molecule has 1 aliphatic rings. The van der Waals surface area contributed by atoms with Crippen molar-refractivity contribution in [2.75, 3.05) is 18.1 Å². The van der Waals surface area contributed by atoms with E-state index in [1.807, 2.05) is 0 Å². The Morgan fingerprint density at radius 2 is 1.53 bits per heavy atom. The number of ether oxygens (including phenoxy) is 1. The van der Waals surface area contributed by atoms with Crippen LogP contribution in [0.1, 0.15) is 5.56 Å². The topological polar surface area (TPSA) is 105 Å². The summed E-state index contributed by atoms with van der Waals surface area (Å²) in [5, 5.41) is 17.5. The number of sulfonamides is 1. The van der Waals surface area contributed by atoms with Gasteiger partial charge in [-0.3, -0.25) is 0 Å². The fourth-order valence-corrected chi connectivity index (χ4v) is 4.04. The lowest BCUT2D eigenvalue weighted by Gasteiger charge is -2.24. The van der Waals surface area contributed by atoms with Crippen LogP contribution in [-0.4, -0.2) is 38.2 Å². The predicted octanol–water partition coefficient (Wildman–Crippen LogP) is 3.68. The van der Waals surface area contributed by atoms with Gasteiger partial charge in [0.05, 0.1) is 11.4 Å². The smallest absolute Gasteiger partial charge is 0.238 e. The predicted molar refractivity (Wildman–Crippen MR) is 125 cm³/mol. The summed E-state index contributed by atoms with van der Waals surface area (Å²) >= 11 is 11.9. The molecule has 0 fully saturated rings. The van der Waals surface area contributed by atoms with Crippen molar-refractivity contribution in [3.05, 3.63) is 88.4 Å². The van der Waals surface area contributed by atoms with E-state index in [-0.39, 0.29) is 18.0 Å². The molecule has 0 spiro atoms. The van der Waals surface area contributed by atoms with Gasteiger partial charge in [0, 0.05) is 21.3 Å². The van der Waals surface area contributed by atoms with Crippen LogP contribution in [0.5, 0.6) is 5.75 Å². The SMILES string of the molecule is NS(=O)(=O)c1ccc(N2CC(O)(COc3ccc(Cl)cc3)N=C2c2ccc(Cl)cc2)cc1. The molecule has 1 atom stereocenters. The molecule has 7 nitrogen and oxygen atoms in total. The van der Waals surface area contributed by atoms with Crippen LogP contribution < -0.4 is 14.8 Å². The molecule has 166 valence electrons. The first-order valence-electron chi connectivity index (χ1n) is 9.50. The van der Waals surface area contributed by atoms with Crippen molar-refractivity contribution in [3.63, 3.8) is 0 Å². The summed E-state index contributed by atoms with van der Waals surface area (Å²) in [7, 11) is -3.82. The minimum absolute atomic E-state index is 0.00763. The van der Waals surface area contributed by atoms with Crippen LogP contribution in [0.25, 0.3) is 0 Å². The molecular weight excluding hydrogens is 473 g/mol. The Balaban J connectivity index is 1.65. The van der Waals surface area contributed by atoms with Crippen LogP contribution in [0.4, 0.5) is 5.69 Å². The van der Waals surface area contributed by atoms with E-state index in [9.17, 15) is 13.5 Å². The van der Waals surface area contributed by atoms with Crippen molar-refractivity contribution in [1.29, 1.82) is 0 Å². The van der Waals surface area contributed by atoms with Crippen molar-refractivity contribution < 1.29 is 18.3 Å². The molecule has 0 saturated heterocycles. The van der Waals surface area contributed by atoms with E-state index in [0.717, 1.165) is 5.56 Å². The maximum atomic E-state index is 11.6. The first kappa shape index (κ1) is 22.6. The number of rotatable bonds is 6. The number of benzene rings is 3. The minimum atomic E-state index is -3.82. The molecule has 0 bridgehead atoms. The molecule has 4 rings (SSSR count). The molecule has 3 N–H and O–H groups in total. The lowest BCUT2D eigenvalue weighted by atomic mass is 10.1. The molecular formula is C22H19Cl2N3O4S. The average Bonchev–Trinajstić information content (AvgIpc) is 3.11. The minimum Gasteiger partial charge on any atom is -0.488 e. The fraction of sp³-hybridized carbons (Fsp3) is 0.136. The second-order valence-electron chi connectivity index (χ2n) is 7.29. The normalized spacial score (nSPS) is 18.5. The van der Waals surface area contributed by atoms with E-state index in [1.165, 1.54) is 12.1 Å². The molecule has 1 unspecified atom stereocenters. The third-order valence-corrected chi connectivity index (χ3v) is 6.28. The van der Waals surface area contributed by atoms with Gasteiger partial charge in [-0.25, -0.2) is 18.5 Å². The van der Waals surface area contributed by atoms with Gasteiger partial charge in [-0.2, -0.15) is 0 Å². The summed E-state index contributed by atoms with van der Waals surface area (Å²) in [6, 6.07) is 19.9. The Labute approximate surface area is 195 Å². The molecule has 0 aromatic heterocycles. The number of primary sulfonamides is 1. The lowest BCUT2D eigenvalue weighted by Crippen LogP contribution is -2.40. The Morgan fingerprint density at radius 3 is 2.09 bits per heavy atom. The van der Waals surface area contributed by atoms with E-state index < -0.39 is 15.7 Å². The molecule has 0 amide bonds. The average molecular weight is 492 g/mol. The highest BCUT2D eigenvalue weighted by Crippen LogP contribution is 2.30. The molecule has 10 heteroatoms. The maximum absolute atomic E-state index is 11.6. The van der Waals surface area contributed by atoms with Crippen LogP contribution in [0.3, 0.4) is 0 Å². The van der Waals surface area contributed by atoms with E-state index in [4.69, 9.17) is 33.1 Å². The van der Waals surface area contributed by atoms with Crippen LogP contribution in [0.15, 0.2) is 82.7 Å². The number of hydrogen-bond acceptors (Lipinski definition) is 6. The first-order chi connectivity index (χ1) is 15.1. The number of halogens is 2. The van der Waals surface area contributed by atoms with E-state index in [0.29, 0.717) is 27.3 Å². The van der Waals surface area contributed by atoms with Crippen molar-refractivity contribution >= 4 is 44.7 Å². The highest BCUT2D eigenvalue weighted by Gasteiger charge is 2.39. The number of aliphatic hydroxyl groups is 1. The Hall–Kier alpha value is -2.62. The van der Waals surface area contributed by atoms with Crippen molar-refractivity contribution in [1.82, 2.24) is 0 Å². The van der Waals surface area contributed by atoms with Gasteiger partial charge in [0.15, 0.2) is 0 Å². The number of anilines is 1. The van der Waals surface area contributed by atoms with E-state index in [1.54, 1.807) is 65.6 Å². The van der Waals surface area contributed by atoms with Gasteiger partial charge in [-0.15, -0.1) is 0 Å². The van der Waals surface area contributed by atoms with Crippen LogP contribution in [-0.2, 0) is 10.0 Å². The molecule has 1 heterocycles. The highest BCUT2D eigenvalue weighted by atomic mass is 35.5. The summed E-state index contributed by atoms with van der Waals surface area (Å²) in [5.41, 5.74) is -0.186. The fourth-order valence-electron chi connectivity index (χ4n) is 3.28. The number of amidine groups is 1.